The van der Waals surface area contributed by atoms with Crippen LogP contribution in [0.15, 0.2) is 18.2 Å². The number of nitrogens with zero attached hydrogens (tertiary/aromatic N) is 1. The van der Waals surface area contributed by atoms with Gasteiger partial charge in [-0.1, -0.05) is 23.7 Å². The zero-order chi connectivity index (χ0) is 14.4. The first-order valence-electron chi connectivity index (χ1n) is 6.30. The molecule has 5 heteroatoms. The summed E-state index contributed by atoms with van der Waals surface area (Å²) >= 11 is 5.75. The number of rotatable bonds is 7. The molecular weight excluding hydrogens is 269 g/mol. The highest BCUT2D eigenvalue weighted by molar-refractivity contribution is 6.30. The van der Waals surface area contributed by atoms with Crippen LogP contribution in [0.1, 0.15) is 32.3 Å². The van der Waals surface area contributed by atoms with Crippen molar-refractivity contribution in [2.24, 2.45) is 0 Å². The molecule has 0 saturated heterocycles. The number of benzene rings is 1. The summed E-state index contributed by atoms with van der Waals surface area (Å²) in [7, 11) is 0. The van der Waals surface area contributed by atoms with Crippen molar-refractivity contribution in [1.29, 1.82) is 0 Å². The van der Waals surface area contributed by atoms with Crippen LogP contribution in [0.2, 0.25) is 5.02 Å². The number of halogens is 2. The Morgan fingerprint density at radius 3 is 2.74 bits per heavy atom. The number of carbonyl (C=O) groups is 1. The molecule has 106 valence electrons. The highest BCUT2D eigenvalue weighted by Gasteiger charge is 2.14. The Hall–Kier alpha value is -1.13. The molecule has 1 aromatic rings. The van der Waals surface area contributed by atoms with Gasteiger partial charge in [-0.15, -0.1) is 0 Å². The van der Waals surface area contributed by atoms with Crippen molar-refractivity contribution in [3.05, 3.63) is 34.6 Å². The van der Waals surface area contributed by atoms with Crippen molar-refractivity contribution in [2.45, 2.75) is 39.3 Å². The number of aliphatic carboxylic acids is 1. The first-order valence-corrected chi connectivity index (χ1v) is 6.68. The van der Waals surface area contributed by atoms with Crippen LogP contribution in [0.5, 0.6) is 0 Å². The average molecular weight is 288 g/mol. The third kappa shape index (κ3) is 5.17. The van der Waals surface area contributed by atoms with Gasteiger partial charge in [0.05, 0.1) is 5.02 Å². The monoisotopic (exact) mass is 287 g/mol. The number of carboxylic acids is 1. The van der Waals surface area contributed by atoms with E-state index >= 15 is 0 Å². The van der Waals surface area contributed by atoms with Crippen LogP contribution in [0.25, 0.3) is 0 Å². The van der Waals surface area contributed by atoms with E-state index in [1.807, 2.05) is 18.7 Å². The Bertz CT molecular complexity index is 437. The molecule has 3 nitrogen and oxygen atoms in total. The van der Waals surface area contributed by atoms with Crippen molar-refractivity contribution in [3.8, 4) is 0 Å². The minimum Gasteiger partial charge on any atom is -0.481 e. The molecule has 1 aromatic carbocycles. The lowest BCUT2D eigenvalue weighted by atomic mass is 10.1. The van der Waals surface area contributed by atoms with Gasteiger partial charge in [-0.2, -0.15) is 0 Å². The minimum atomic E-state index is -0.808. The predicted octanol–water partition coefficient (Wildman–Crippen LogP) is 3.55. The number of hydrogen-bond donors (Lipinski definition) is 1. The maximum Gasteiger partial charge on any atom is 0.303 e. The van der Waals surface area contributed by atoms with Gasteiger partial charge in [0, 0.05) is 24.6 Å². The Morgan fingerprint density at radius 1 is 1.47 bits per heavy atom. The average Bonchev–Trinajstić information content (AvgIpc) is 2.32. The highest BCUT2D eigenvalue weighted by atomic mass is 35.5. The van der Waals surface area contributed by atoms with E-state index in [1.54, 1.807) is 12.1 Å². The Kier molecular flexibility index (Phi) is 6.25. The molecule has 0 radical (unpaired) electrons. The van der Waals surface area contributed by atoms with Crippen LogP contribution in [0.3, 0.4) is 0 Å². The molecule has 0 amide bonds. The topological polar surface area (TPSA) is 40.5 Å². The second kappa shape index (κ2) is 7.46. The number of carboxylic acid groups (broad SMARTS) is 1. The quantitative estimate of drug-likeness (QED) is 0.834. The largest absolute Gasteiger partial charge is 0.481 e. The molecule has 1 N–H and O–H groups in total. The van der Waals surface area contributed by atoms with Crippen LogP contribution in [-0.4, -0.2) is 28.6 Å². The maximum atomic E-state index is 13.8. The van der Waals surface area contributed by atoms with E-state index in [2.05, 4.69) is 0 Å². The van der Waals surface area contributed by atoms with Crippen LogP contribution < -0.4 is 0 Å². The van der Waals surface area contributed by atoms with Crippen LogP contribution in [0, 0.1) is 5.82 Å². The summed E-state index contributed by atoms with van der Waals surface area (Å²) in [6, 6.07) is 5.15. The first-order chi connectivity index (χ1) is 8.91. The molecule has 0 aliphatic rings. The van der Waals surface area contributed by atoms with Gasteiger partial charge in [-0.3, -0.25) is 9.69 Å². The molecule has 0 atom stereocenters. The molecule has 19 heavy (non-hydrogen) atoms. The number of hydrogen-bond acceptors (Lipinski definition) is 2. The normalized spacial score (nSPS) is 11.3. The Balaban J connectivity index is 2.67. The molecule has 0 unspecified atom stereocenters. The van der Waals surface area contributed by atoms with Gasteiger partial charge in [0.25, 0.3) is 0 Å². The predicted molar refractivity (Wildman–Crippen MR) is 73.8 cm³/mol. The van der Waals surface area contributed by atoms with Gasteiger partial charge < -0.3 is 5.11 Å². The molecule has 0 fully saturated rings. The standard InChI is InChI=1S/C14H19ClFNO2/c1-10(2)17(8-4-7-13(18)19)9-11-5-3-6-12(15)14(11)16/h3,5-6,10H,4,7-9H2,1-2H3,(H,18,19). The molecular formula is C14H19ClFNO2. The van der Waals surface area contributed by atoms with Crippen molar-refractivity contribution >= 4 is 17.6 Å². The molecule has 0 saturated carbocycles. The minimum absolute atomic E-state index is 0.117. The first kappa shape index (κ1) is 15.9. The van der Waals surface area contributed by atoms with E-state index in [1.165, 1.54) is 6.07 Å². The van der Waals surface area contributed by atoms with E-state index in [0.29, 0.717) is 25.1 Å². The Labute approximate surface area is 118 Å². The summed E-state index contributed by atoms with van der Waals surface area (Å²) in [5.74, 6) is -1.20. The van der Waals surface area contributed by atoms with Gasteiger partial charge in [-0.25, -0.2) is 4.39 Å². The van der Waals surface area contributed by atoms with Crippen LogP contribution >= 0.6 is 11.6 Å². The van der Waals surface area contributed by atoms with Gasteiger partial charge in [-0.05, 0) is 32.9 Å². The smallest absolute Gasteiger partial charge is 0.303 e. The fraction of sp³-hybridized carbons (Fsp3) is 0.500. The SMILES string of the molecule is CC(C)N(CCCC(=O)O)Cc1cccc(Cl)c1F. The van der Waals surface area contributed by atoms with Crippen molar-refractivity contribution in [2.75, 3.05) is 6.54 Å². The summed E-state index contributed by atoms with van der Waals surface area (Å²) in [5.41, 5.74) is 0.538. The van der Waals surface area contributed by atoms with E-state index in [4.69, 9.17) is 16.7 Å². The van der Waals surface area contributed by atoms with Crippen molar-refractivity contribution in [1.82, 2.24) is 4.90 Å². The summed E-state index contributed by atoms with van der Waals surface area (Å²) in [5, 5.41) is 8.76. The highest BCUT2D eigenvalue weighted by Crippen LogP contribution is 2.20. The summed E-state index contributed by atoms with van der Waals surface area (Å²) in [4.78, 5) is 12.6. The molecule has 0 spiro atoms. The Morgan fingerprint density at radius 2 is 2.16 bits per heavy atom. The maximum absolute atomic E-state index is 13.8. The second-order valence-electron chi connectivity index (χ2n) is 4.77. The van der Waals surface area contributed by atoms with Crippen molar-refractivity contribution < 1.29 is 14.3 Å². The van der Waals surface area contributed by atoms with E-state index in [-0.39, 0.29) is 17.5 Å². The molecule has 0 aliphatic carbocycles. The van der Waals surface area contributed by atoms with E-state index in [9.17, 15) is 9.18 Å². The molecule has 0 heterocycles. The van der Waals surface area contributed by atoms with Gasteiger partial charge in [0.2, 0.25) is 0 Å². The van der Waals surface area contributed by atoms with Gasteiger partial charge in [0.15, 0.2) is 0 Å². The van der Waals surface area contributed by atoms with Gasteiger partial charge >= 0.3 is 5.97 Å². The zero-order valence-electron chi connectivity index (χ0n) is 11.2. The van der Waals surface area contributed by atoms with Gasteiger partial charge in [0.1, 0.15) is 5.82 Å². The summed E-state index contributed by atoms with van der Waals surface area (Å²) < 4.78 is 13.8. The lowest BCUT2D eigenvalue weighted by Gasteiger charge is -2.26. The fourth-order valence-electron chi connectivity index (χ4n) is 1.84. The van der Waals surface area contributed by atoms with E-state index < -0.39 is 11.8 Å². The molecule has 0 bridgehead atoms. The summed E-state index contributed by atoms with van der Waals surface area (Å²) in [6.07, 6.45) is 0.678. The van der Waals surface area contributed by atoms with E-state index in [0.717, 1.165) is 0 Å². The third-order valence-corrected chi connectivity index (χ3v) is 3.26. The lowest BCUT2D eigenvalue weighted by molar-refractivity contribution is -0.137. The fourth-order valence-corrected chi connectivity index (χ4v) is 2.04. The second-order valence-corrected chi connectivity index (χ2v) is 5.18. The molecule has 0 aromatic heterocycles. The molecule has 1 rings (SSSR count). The molecule has 0 aliphatic heterocycles. The zero-order valence-corrected chi connectivity index (χ0v) is 12.0. The lowest BCUT2D eigenvalue weighted by Crippen LogP contribution is -2.32. The van der Waals surface area contributed by atoms with Crippen LogP contribution in [-0.2, 0) is 11.3 Å². The van der Waals surface area contributed by atoms with Crippen molar-refractivity contribution in [3.63, 3.8) is 0 Å². The third-order valence-electron chi connectivity index (χ3n) is 2.97. The summed E-state index contributed by atoms with van der Waals surface area (Å²) in [6.45, 7) is 5.06. The van der Waals surface area contributed by atoms with Crippen LogP contribution in [0.4, 0.5) is 4.39 Å².